The Hall–Kier alpha value is -2.20. The number of aliphatic hydroxyl groups is 1. The monoisotopic (exact) mass is 276 g/mol. The summed E-state index contributed by atoms with van der Waals surface area (Å²) in [6, 6.07) is 4.16. The average molecular weight is 276 g/mol. The third-order valence-corrected chi connectivity index (χ3v) is 2.36. The highest BCUT2D eigenvalue weighted by Crippen LogP contribution is 1.98. The van der Waals surface area contributed by atoms with E-state index in [2.05, 4.69) is 32.3 Å². The van der Waals surface area contributed by atoms with Crippen LogP contribution in [0.4, 0.5) is 0 Å². The van der Waals surface area contributed by atoms with Crippen LogP contribution in [0.2, 0.25) is 0 Å². The molecule has 0 fully saturated rings. The molecule has 0 amide bonds. The zero-order valence-corrected chi connectivity index (χ0v) is 12.1. The van der Waals surface area contributed by atoms with E-state index in [1.165, 1.54) is 17.7 Å². The van der Waals surface area contributed by atoms with E-state index in [1.807, 2.05) is 16.8 Å². The highest BCUT2D eigenvalue weighted by molar-refractivity contribution is 5.79. The van der Waals surface area contributed by atoms with Crippen molar-refractivity contribution < 1.29 is 19.2 Å². The zero-order chi connectivity index (χ0) is 15.4. The standard InChI is InChI=1S/C9H14NO.C7H8O2/c1-3-9-5-4-6-10(7-9)8-11-2;1-3-4-7(5-8)6(2)9/h4-7H,3,8H2,1-2H3;3-5,9H,1-2H2/q+1;/b;7-4-. The van der Waals surface area contributed by atoms with E-state index in [0.717, 1.165) is 6.42 Å². The van der Waals surface area contributed by atoms with Crippen LogP contribution in [0.5, 0.6) is 0 Å². The Labute approximate surface area is 120 Å². The van der Waals surface area contributed by atoms with E-state index in [9.17, 15) is 4.79 Å². The molecule has 108 valence electrons. The van der Waals surface area contributed by atoms with Gasteiger partial charge in [0, 0.05) is 18.7 Å². The number of carbonyl (C=O) groups is 1. The minimum absolute atomic E-state index is 0.157. The molecular weight excluding hydrogens is 254 g/mol. The lowest BCUT2D eigenvalue weighted by Crippen LogP contribution is -2.34. The fourth-order valence-corrected chi connectivity index (χ4v) is 1.35. The number of hydrogen-bond acceptors (Lipinski definition) is 3. The van der Waals surface area contributed by atoms with Gasteiger partial charge in [-0.05, 0) is 18.6 Å². The Kier molecular flexibility index (Phi) is 9.52. The van der Waals surface area contributed by atoms with Gasteiger partial charge in [-0.2, -0.15) is 4.57 Å². The van der Waals surface area contributed by atoms with Crippen LogP contribution < -0.4 is 4.57 Å². The van der Waals surface area contributed by atoms with Crippen LogP contribution in [-0.2, 0) is 22.7 Å². The fraction of sp³-hybridized carbons (Fsp3) is 0.250. The molecule has 1 aromatic rings. The second kappa shape index (κ2) is 10.7. The molecule has 0 unspecified atom stereocenters. The first-order valence-corrected chi connectivity index (χ1v) is 6.22. The molecule has 0 bridgehead atoms. The Morgan fingerprint density at radius 3 is 2.65 bits per heavy atom. The van der Waals surface area contributed by atoms with Crippen LogP contribution >= 0.6 is 0 Å². The van der Waals surface area contributed by atoms with Crippen molar-refractivity contribution >= 4 is 6.29 Å². The van der Waals surface area contributed by atoms with Crippen molar-refractivity contribution in [3.05, 3.63) is 66.7 Å². The molecule has 4 nitrogen and oxygen atoms in total. The van der Waals surface area contributed by atoms with Crippen LogP contribution in [0.15, 0.2) is 61.2 Å². The summed E-state index contributed by atoms with van der Waals surface area (Å²) in [4.78, 5) is 10.00. The quantitative estimate of drug-likeness (QED) is 0.285. The number of methoxy groups -OCH3 is 1. The fourth-order valence-electron chi connectivity index (χ4n) is 1.35. The lowest BCUT2D eigenvalue weighted by molar-refractivity contribution is -0.731. The van der Waals surface area contributed by atoms with E-state index in [-0.39, 0.29) is 11.3 Å². The zero-order valence-electron chi connectivity index (χ0n) is 12.1. The molecule has 1 heterocycles. The minimum Gasteiger partial charge on any atom is -0.508 e. The first-order chi connectivity index (χ1) is 9.58. The largest absolute Gasteiger partial charge is 0.508 e. The summed E-state index contributed by atoms with van der Waals surface area (Å²) in [6.07, 6.45) is 8.49. The molecule has 0 aliphatic heterocycles. The maximum absolute atomic E-state index is 10.00. The predicted molar refractivity (Wildman–Crippen MR) is 79.1 cm³/mol. The lowest BCUT2D eigenvalue weighted by Gasteiger charge is -1.95. The Bertz CT molecular complexity index is 478. The van der Waals surface area contributed by atoms with Crippen LogP contribution in [0.3, 0.4) is 0 Å². The van der Waals surface area contributed by atoms with Crippen molar-refractivity contribution in [1.29, 1.82) is 0 Å². The highest BCUT2D eigenvalue weighted by Gasteiger charge is 1.98. The van der Waals surface area contributed by atoms with Crippen LogP contribution in [0.1, 0.15) is 12.5 Å². The highest BCUT2D eigenvalue weighted by atomic mass is 16.5. The van der Waals surface area contributed by atoms with Crippen molar-refractivity contribution in [2.24, 2.45) is 0 Å². The van der Waals surface area contributed by atoms with Crippen molar-refractivity contribution in [3.63, 3.8) is 0 Å². The molecule has 0 aromatic carbocycles. The second-order valence-electron chi connectivity index (χ2n) is 3.92. The second-order valence-corrected chi connectivity index (χ2v) is 3.92. The number of hydrogen-bond donors (Lipinski definition) is 1. The average Bonchev–Trinajstić information content (AvgIpc) is 2.45. The molecule has 0 aliphatic rings. The van der Waals surface area contributed by atoms with Gasteiger partial charge in [0.2, 0.25) is 0 Å². The van der Waals surface area contributed by atoms with Gasteiger partial charge in [-0.15, -0.1) is 0 Å². The smallest absolute Gasteiger partial charge is 0.252 e. The number of allylic oxidation sites excluding steroid dienone is 3. The summed E-state index contributed by atoms with van der Waals surface area (Å²) >= 11 is 0. The van der Waals surface area contributed by atoms with Crippen LogP contribution in [-0.4, -0.2) is 18.5 Å². The van der Waals surface area contributed by atoms with E-state index in [0.29, 0.717) is 13.0 Å². The predicted octanol–water partition coefficient (Wildman–Crippen LogP) is 2.51. The molecule has 1 rings (SSSR count). The molecule has 0 spiro atoms. The molecule has 1 N–H and O–H groups in total. The normalized spacial score (nSPS) is 10.2. The van der Waals surface area contributed by atoms with Gasteiger partial charge in [0.15, 0.2) is 18.7 Å². The molecule has 1 aromatic heterocycles. The van der Waals surface area contributed by atoms with E-state index >= 15 is 0 Å². The SMILES string of the molecule is C=C/C=C(/C=O)C(=C)O.CCc1ccc[n+](COC)c1. The number of aldehydes is 1. The summed E-state index contributed by atoms with van der Waals surface area (Å²) < 4.78 is 7.02. The summed E-state index contributed by atoms with van der Waals surface area (Å²) in [6.45, 7) is 9.27. The molecule has 20 heavy (non-hydrogen) atoms. The van der Waals surface area contributed by atoms with Gasteiger partial charge in [-0.25, -0.2) is 0 Å². The van der Waals surface area contributed by atoms with Crippen molar-refractivity contribution in [3.8, 4) is 0 Å². The summed E-state index contributed by atoms with van der Waals surface area (Å²) in [5, 5.41) is 8.60. The number of aryl methyl sites for hydroxylation is 1. The lowest BCUT2D eigenvalue weighted by atomic mass is 10.2. The van der Waals surface area contributed by atoms with Crippen molar-refractivity contribution in [2.45, 2.75) is 20.1 Å². The molecule has 0 saturated heterocycles. The molecule has 0 radical (unpaired) electrons. The maximum Gasteiger partial charge on any atom is 0.252 e. The number of rotatable bonds is 6. The Morgan fingerprint density at radius 1 is 1.55 bits per heavy atom. The summed E-state index contributed by atoms with van der Waals surface area (Å²) in [5.41, 5.74) is 1.49. The first kappa shape index (κ1) is 17.8. The first-order valence-electron chi connectivity index (χ1n) is 6.22. The number of carbonyl (C=O) groups excluding carboxylic acids is 1. The third kappa shape index (κ3) is 7.28. The van der Waals surface area contributed by atoms with Gasteiger partial charge >= 0.3 is 0 Å². The number of aliphatic hydroxyl groups excluding tert-OH is 1. The van der Waals surface area contributed by atoms with E-state index < -0.39 is 0 Å². The number of aromatic nitrogens is 1. The third-order valence-electron chi connectivity index (χ3n) is 2.36. The van der Waals surface area contributed by atoms with Gasteiger partial charge in [0.1, 0.15) is 5.76 Å². The molecule has 0 aliphatic carbocycles. The van der Waals surface area contributed by atoms with E-state index in [4.69, 9.17) is 9.84 Å². The molecule has 0 saturated carbocycles. The van der Waals surface area contributed by atoms with Gasteiger partial charge in [0.05, 0.1) is 5.57 Å². The number of ether oxygens (including phenoxy) is 1. The molecule has 4 heteroatoms. The molecule has 0 atom stereocenters. The number of pyridine rings is 1. The molecular formula is C16H22NO3+. The summed E-state index contributed by atoms with van der Waals surface area (Å²) in [7, 11) is 1.70. The van der Waals surface area contributed by atoms with E-state index in [1.54, 1.807) is 7.11 Å². The van der Waals surface area contributed by atoms with Gasteiger partial charge in [-0.1, -0.05) is 26.2 Å². The maximum atomic E-state index is 10.00. The van der Waals surface area contributed by atoms with Crippen molar-refractivity contribution in [2.75, 3.05) is 7.11 Å². The Balaban J connectivity index is 0.000000370. The van der Waals surface area contributed by atoms with Crippen LogP contribution in [0.25, 0.3) is 0 Å². The van der Waals surface area contributed by atoms with Gasteiger partial charge < -0.3 is 9.84 Å². The topological polar surface area (TPSA) is 50.4 Å². The Morgan fingerprint density at radius 2 is 2.25 bits per heavy atom. The minimum atomic E-state index is -0.232. The van der Waals surface area contributed by atoms with Gasteiger partial charge in [-0.3, -0.25) is 4.79 Å². The van der Waals surface area contributed by atoms with Crippen LogP contribution in [0, 0.1) is 0 Å². The number of nitrogens with zero attached hydrogens (tertiary/aromatic N) is 1. The van der Waals surface area contributed by atoms with Crippen molar-refractivity contribution in [1.82, 2.24) is 0 Å². The van der Waals surface area contributed by atoms with Gasteiger partial charge in [0.25, 0.3) is 6.73 Å². The summed E-state index contributed by atoms with van der Waals surface area (Å²) in [5.74, 6) is -0.232.